The molecular formula is C48H65N7O13. The van der Waals surface area contributed by atoms with Crippen LogP contribution in [0.2, 0.25) is 0 Å². The van der Waals surface area contributed by atoms with E-state index in [0.29, 0.717) is 57.4 Å². The molecule has 2 aliphatic heterocycles. The van der Waals surface area contributed by atoms with E-state index in [4.69, 9.17) is 29.5 Å². The maximum atomic E-state index is 13.4. The van der Waals surface area contributed by atoms with Gasteiger partial charge in [0.15, 0.2) is 0 Å². The van der Waals surface area contributed by atoms with E-state index >= 15 is 0 Å². The number of nitrogens with two attached hydrogens (primary N) is 1. The Bertz CT molecular complexity index is 2070. The van der Waals surface area contributed by atoms with Crippen LogP contribution in [0.5, 0.6) is 0 Å². The molecule has 20 nitrogen and oxygen atoms in total. The molecule has 0 radical (unpaired) electrons. The van der Waals surface area contributed by atoms with E-state index in [1.54, 1.807) is 13.8 Å². The Kier molecular flexibility index (Phi) is 24.0. The number of nitrogens with zero attached hydrogens (tertiary/aromatic N) is 2. The summed E-state index contributed by atoms with van der Waals surface area (Å²) in [6.07, 6.45) is 2.79. The number of primary amides is 1. The molecule has 370 valence electrons. The van der Waals surface area contributed by atoms with Crippen LogP contribution in [0.25, 0.3) is 0 Å². The number of urea groups is 1. The number of hydrogen-bond donors (Lipinski definition) is 5. The van der Waals surface area contributed by atoms with Gasteiger partial charge in [-0.15, -0.1) is 5.06 Å². The van der Waals surface area contributed by atoms with Gasteiger partial charge in [-0.2, -0.15) is 0 Å². The van der Waals surface area contributed by atoms with Crippen LogP contribution in [0.1, 0.15) is 94.7 Å². The Morgan fingerprint density at radius 2 is 1.24 bits per heavy atom. The molecular weight excluding hydrogens is 883 g/mol. The van der Waals surface area contributed by atoms with Crippen LogP contribution in [-0.2, 0) is 63.9 Å². The van der Waals surface area contributed by atoms with Gasteiger partial charge in [0.25, 0.3) is 11.8 Å². The van der Waals surface area contributed by atoms with Crippen molar-refractivity contribution in [2.75, 3.05) is 70.8 Å². The van der Waals surface area contributed by atoms with Gasteiger partial charge in [-0.25, -0.2) is 9.59 Å². The predicted octanol–water partition coefficient (Wildman–Crippen LogP) is 2.14. The molecule has 0 saturated carbocycles. The molecule has 6 N–H and O–H groups in total. The zero-order valence-corrected chi connectivity index (χ0v) is 39.0. The highest BCUT2D eigenvalue weighted by Gasteiger charge is 2.36. The van der Waals surface area contributed by atoms with Crippen molar-refractivity contribution >= 4 is 53.1 Å². The third-order valence-corrected chi connectivity index (χ3v) is 10.6. The SMILES string of the molecule is CC(C)[C@H](NC(=O)CCOCCOCCOCCOCCC(=O)NCCCCCC(=O)N1Cc2ccccc2C#Cc2ccccc21)C(=O)N[C@@H](CCCNC(N)=O)C(=O)ON1C(=O)CCC1=O. The van der Waals surface area contributed by atoms with Gasteiger partial charge >= 0.3 is 12.0 Å². The van der Waals surface area contributed by atoms with Crippen LogP contribution in [-0.4, -0.2) is 131 Å². The molecule has 1 saturated heterocycles. The van der Waals surface area contributed by atoms with Gasteiger partial charge in [0.2, 0.25) is 23.6 Å². The number of ether oxygens (including phenoxy) is 4. The fraction of sp³-hybridized carbons (Fsp3) is 0.542. The summed E-state index contributed by atoms with van der Waals surface area (Å²) in [7, 11) is 0. The van der Waals surface area contributed by atoms with E-state index in [0.717, 1.165) is 35.2 Å². The number of imide groups is 1. The summed E-state index contributed by atoms with van der Waals surface area (Å²) >= 11 is 0. The van der Waals surface area contributed by atoms with Gasteiger partial charge in [0.05, 0.1) is 65.1 Å². The first-order valence-corrected chi connectivity index (χ1v) is 23.1. The van der Waals surface area contributed by atoms with E-state index in [1.165, 1.54) is 0 Å². The minimum atomic E-state index is -1.30. The van der Waals surface area contributed by atoms with Crippen molar-refractivity contribution in [1.29, 1.82) is 0 Å². The third kappa shape index (κ3) is 19.4. The first-order valence-electron chi connectivity index (χ1n) is 23.1. The van der Waals surface area contributed by atoms with E-state index in [1.807, 2.05) is 53.4 Å². The zero-order valence-electron chi connectivity index (χ0n) is 39.0. The summed E-state index contributed by atoms with van der Waals surface area (Å²) in [6.45, 7) is 6.53. The molecule has 4 rings (SSSR count). The summed E-state index contributed by atoms with van der Waals surface area (Å²) < 4.78 is 22.0. The summed E-state index contributed by atoms with van der Waals surface area (Å²) in [4.78, 5) is 106. The Morgan fingerprint density at radius 3 is 1.88 bits per heavy atom. The minimum absolute atomic E-state index is 0.0292. The number of para-hydroxylation sites is 1. The predicted molar refractivity (Wildman–Crippen MR) is 247 cm³/mol. The van der Waals surface area contributed by atoms with Crippen LogP contribution in [0.3, 0.4) is 0 Å². The molecule has 0 spiro atoms. The van der Waals surface area contributed by atoms with Crippen molar-refractivity contribution in [3.8, 4) is 11.8 Å². The van der Waals surface area contributed by atoms with Gasteiger partial charge in [-0.3, -0.25) is 28.8 Å². The van der Waals surface area contributed by atoms with E-state index in [-0.39, 0.29) is 83.3 Å². The molecule has 2 atom stereocenters. The van der Waals surface area contributed by atoms with Crippen LogP contribution < -0.4 is 31.9 Å². The average Bonchev–Trinajstić information content (AvgIpc) is 3.62. The number of carbonyl (C=O) groups excluding carboxylic acids is 8. The summed E-state index contributed by atoms with van der Waals surface area (Å²) in [5.41, 5.74) is 8.68. The fourth-order valence-corrected chi connectivity index (χ4v) is 6.95. The van der Waals surface area contributed by atoms with Gasteiger partial charge in [-0.05, 0) is 55.4 Å². The summed E-state index contributed by atoms with van der Waals surface area (Å²) in [5, 5.41) is 10.8. The van der Waals surface area contributed by atoms with Crippen molar-refractivity contribution in [2.45, 2.75) is 96.7 Å². The van der Waals surface area contributed by atoms with Crippen LogP contribution in [0.15, 0.2) is 48.5 Å². The van der Waals surface area contributed by atoms with Crippen molar-refractivity contribution < 1.29 is 62.1 Å². The molecule has 1 fully saturated rings. The standard InChI is InChI=1S/C48H65N7O13/c1-34(2)45(46(61)52-38(14-10-24-51-48(49)63)47(62)68-55-43(59)19-20-44(55)60)53-41(57)22-26-65-28-30-67-32-31-66-29-27-64-25-21-40(56)50-23-9-3-4-16-42(58)54-33-37-13-6-5-11-35(37)17-18-36-12-7-8-15-39(36)54/h5-8,11-13,15,34,38,45H,3-4,9-10,14,16,19-33H2,1-2H3,(H,50,56)(H,52,61)(H,53,57)(H3,49,51,63)/t38-,45-/m0/s1. The Balaban J connectivity index is 0.971. The van der Waals surface area contributed by atoms with Crippen LogP contribution in [0, 0.1) is 17.8 Å². The van der Waals surface area contributed by atoms with Gasteiger partial charge in [0.1, 0.15) is 12.1 Å². The highest BCUT2D eigenvalue weighted by Crippen LogP contribution is 2.26. The number of amides is 8. The number of nitrogens with one attached hydrogen (secondary N) is 4. The lowest BCUT2D eigenvalue weighted by Crippen LogP contribution is -2.54. The molecule has 0 aliphatic carbocycles. The second-order valence-electron chi connectivity index (χ2n) is 16.3. The normalized spacial score (nSPS) is 13.8. The molecule has 2 heterocycles. The quantitative estimate of drug-likeness (QED) is 0.0413. The number of hydroxylamine groups is 2. The maximum Gasteiger partial charge on any atom is 0.355 e. The number of rotatable bonds is 31. The fourth-order valence-electron chi connectivity index (χ4n) is 6.95. The topological polar surface area (TPSA) is 263 Å². The van der Waals surface area contributed by atoms with E-state index < -0.39 is 53.6 Å². The number of anilines is 1. The number of carbonyl (C=O) groups is 8. The number of hydrogen-bond acceptors (Lipinski definition) is 13. The number of unbranched alkanes of at least 4 members (excludes halogenated alkanes) is 2. The molecule has 8 amide bonds. The van der Waals surface area contributed by atoms with Gasteiger partial charge < -0.3 is 55.7 Å². The Labute approximate surface area is 396 Å². The molecule has 2 aromatic rings. The summed E-state index contributed by atoms with van der Waals surface area (Å²) in [5.74, 6) is 2.42. The molecule has 2 aromatic carbocycles. The molecule has 0 aromatic heterocycles. The third-order valence-electron chi connectivity index (χ3n) is 10.6. The molecule has 0 unspecified atom stereocenters. The Morgan fingerprint density at radius 1 is 0.662 bits per heavy atom. The number of fused-ring (bicyclic) bond motifs is 2. The van der Waals surface area contributed by atoms with Crippen molar-refractivity contribution in [3.63, 3.8) is 0 Å². The van der Waals surface area contributed by atoms with Crippen LogP contribution >= 0.6 is 0 Å². The lowest BCUT2D eigenvalue weighted by atomic mass is 10.0. The first-order chi connectivity index (χ1) is 32.8. The van der Waals surface area contributed by atoms with E-state index in [2.05, 4.69) is 33.1 Å². The highest BCUT2D eigenvalue weighted by molar-refractivity contribution is 6.02. The molecule has 20 heteroatoms. The molecule has 2 aliphatic rings. The average molecular weight is 948 g/mol. The second-order valence-corrected chi connectivity index (χ2v) is 16.3. The number of benzene rings is 2. The van der Waals surface area contributed by atoms with Gasteiger partial charge in [0, 0.05) is 56.3 Å². The zero-order chi connectivity index (χ0) is 49.1. The summed E-state index contributed by atoms with van der Waals surface area (Å²) in [6, 6.07) is 12.5. The molecule has 0 bridgehead atoms. The highest BCUT2D eigenvalue weighted by atomic mass is 16.7. The lowest BCUT2D eigenvalue weighted by Gasteiger charge is -2.26. The lowest BCUT2D eigenvalue weighted by molar-refractivity contribution is -0.199. The van der Waals surface area contributed by atoms with E-state index in [9.17, 15) is 38.4 Å². The monoisotopic (exact) mass is 947 g/mol. The second kappa shape index (κ2) is 30.1. The van der Waals surface area contributed by atoms with Gasteiger partial charge in [-0.1, -0.05) is 62.4 Å². The van der Waals surface area contributed by atoms with Crippen LogP contribution in [0.4, 0.5) is 10.5 Å². The maximum absolute atomic E-state index is 13.4. The molecule has 68 heavy (non-hydrogen) atoms. The van der Waals surface area contributed by atoms with Crippen molar-refractivity contribution in [1.82, 2.24) is 26.3 Å². The largest absolute Gasteiger partial charge is 0.379 e. The van der Waals surface area contributed by atoms with Crippen molar-refractivity contribution in [3.05, 3.63) is 65.2 Å². The Hall–Kier alpha value is -6.40. The van der Waals surface area contributed by atoms with Crippen molar-refractivity contribution in [2.24, 2.45) is 11.7 Å². The first kappa shape index (κ1) is 54.2. The smallest absolute Gasteiger partial charge is 0.355 e. The minimum Gasteiger partial charge on any atom is -0.379 e.